The van der Waals surface area contributed by atoms with Crippen LogP contribution in [0.3, 0.4) is 0 Å². The van der Waals surface area contributed by atoms with Crippen molar-refractivity contribution in [3.8, 4) is 0 Å². The van der Waals surface area contributed by atoms with E-state index in [0.717, 1.165) is 0 Å². The number of carbonyl (C=O) groups excluding carboxylic acids is 1. The van der Waals surface area contributed by atoms with Crippen molar-refractivity contribution in [2.75, 3.05) is 20.1 Å². The van der Waals surface area contributed by atoms with Crippen LogP contribution in [0.5, 0.6) is 0 Å². The van der Waals surface area contributed by atoms with E-state index in [1.807, 2.05) is 0 Å². The summed E-state index contributed by atoms with van der Waals surface area (Å²) >= 11 is 5.96. The van der Waals surface area contributed by atoms with Gasteiger partial charge >= 0.3 is 5.97 Å². The molecule has 0 bridgehead atoms. The number of amides is 1. The highest BCUT2D eigenvalue weighted by Crippen LogP contribution is 2.22. The van der Waals surface area contributed by atoms with Gasteiger partial charge in [-0.25, -0.2) is 0 Å². The third-order valence-corrected chi connectivity index (χ3v) is 2.90. The highest BCUT2D eigenvalue weighted by Gasteiger charge is 2.13. The summed E-state index contributed by atoms with van der Waals surface area (Å²) in [6.45, 7) is -0.280. The quantitative estimate of drug-likeness (QED) is 0.565. The number of nitro benzene ring substituents is 1. The van der Waals surface area contributed by atoms with Crippen molar-refractivity contribution >= 4 is 41.6 Å². The summed E-state index contributed by atoms with van der Waals surface area (Å²) in [7, 11) is 1.62. The number of nitro groups is 1. The van der Waals surface area contributed by atoms with Gasteiger partial charge in [0.05, 0.1) is 11.5 Å². The van der Waals surface area contributed by atoms with Gasteiger partial charge in [0.1, 0.15) is 6.54 Å². The van der Waals surface area contributed by atoms with E-state index in [9.17, 15) is 19.7 Å². The Kier molecular flexibility index (Phi) is 8.39. The minimum absolute atomic E-state index is 0. The first-order valence-corrected chi connectivity index (χ1v) is 6.27. The molecule has 0 spiro atoms. The number of hydrogen-bond donors (Lipinski definition) is 2. The number of carbonyl (C=O) groups is 2. The SMILES string of the molecule is CN(CC(=O)NCC(=O)O)Cc1cc([N+](=O)[O-])ccc1Cl.Cl. The van der Waals surface area contributed by atoms with Crippen molar-refractivity contribution in [3.05, 3.63) is 38.9 Å². The van der Waals surface area contributed by atoms with Gasteiger partial charge in [-0.2, -0.15) is 0 Å². The number of carboxylic acid groups (broad SMARTS) is 1. The number of carboxylic acids is 1. The van der Waals surface area contributed by atoms with Crippen molar-refractivity contribution < 1.29 is 19.6 Å². The van der Waals surface area contributed by atoms with Crippen LogP contribution in [0.15, 0.2) is 18.2 Å². The van der Waals surface area contributed by atoms with Crippen LogP contribution in [0.25, 0.3) is 0 Å². The Morgan fingerprint density at radius 2 is 2.09 bits per heavy atom. The topological polar surface area (TPSA) is 113 Å². The predicted molar refractivity (Wildman–Crippen MR) is 82.3 cm³/mol. The van der Waals surface area contributed by atoms with Crippen LogP contribution < -0.4 is 5.32 Å². The lowest BCUT2D eigenvalue weighted by Gasteiger charge is -2.16. The summed E-state index contributed by atoms with van der Waals surface area (Å²) in [5, 5.41) is 21.7. The van der Waals surface area contributed by atoms with E-state index in [-0.39, 0.29) is 31.2 Å². The lowest BCUT2D eigenvalue weighted by molar-refractivity contribution is -0.384. The third kappa shape index (κ3) is 6.70. The Bertz CT molecular complexity index is 568. The number of benzene rings is 1. The normalized spacial score (nSPS) is 9.95. The first-order chi connectivity index (χ1) is 9.79. The molecule has 1 rings (SSSR count). The molecule has 1 aromatic carbocycles. The van der Waals surface area contributed by atoms with E-state index < -0.39 is 23.3 Å². The lowest BCUT2D eigenvalue weighted by atomic mass is 10.2. The maximum Gasteiger partial charge on any atom is 0.322 e. The lowest BCUT2D eigenvalue weighted by Crippen LogP contribution is -2.37. The first-order valence-electron chi connectivity index (χ1n) is 5.89. The maximum absolute atomic E-state index is 11.5. The van der Waals surface area contributed by atoms with Crippen molar-refractivity contribution in [1.29, 1.82) is 0 Å². The zero-order valence-corrected chi connectivity index (χ0v) is 13.2. The molecule has 0 aliphatic rings. The molecule has 122 valence electrons. The molecular formula is C12H15Cl2N3O5. The Balaban J connectivity index is 0.00000441. The van der Waals surface area contributed by atoms with Gasteiger partial charge in [0, 0.05) is 23.7 Å². The van der Waals surface area contributed by atoms with E-state index in [0.29, 0.717) is 10.6 Å². The second kappa shape index (κ2) is 9.19. The van der Waals surface area contributed by atoms with E-state index in [1.165, 1.54) is 18.2 Å². The fourth-order valence-electron chi connectivity index (χ4n) is 1.62. The fourth-order valence-corrected chi connectivity index (χ4v) is 1.80. The first kappa shape index (κ1) is 20.1. The van der Waals surface area contributed by atoms with Crippen LogP contribution in [0, 0.1) is 10.1 Å². The monoisotopic (exact) mass is 351 g/mol. The second-order valence-corrected chi connectivity index (χ2v) is 4.78. The summed E-state index contributed by atoms with van der Waals surface area (Å²) in [6, 6.07) is 4.06. The molecule has 2 N–H and O–H groups in total. The molecule has 0 aliphatic carbocycles. The van der Waals surface area contributed by atoms with Crippen molar-refractivity contribution in [1.82, 2.24) is 10.2 Å². The third-order valence-electron chi connectivity index (χ3n) is 2.53. The summed E-state index contributed by atoms with van der Waals surface area (Å²) in [4.78, 5) is 33.5. The Labute approximate surface area is 137 Å². The molecule has 0 aromatic heterocycles. The fraction of sp³-hybridized carbons (Fsp3) is 0.333. The molecule has 0 unspecified atom stereocenters. The number of non-ortho nitro benzene ring substituents is 1. The van der Waals surface area contributed by atoms with E-state index >= 15 is 0 Å². The van der Waals surface area contributed by atoms with Crippen LogP contribution in [0.1, 0.15) is 5.56 Å². The number of rotatable bonds is 7. The molecule has 0 saturated carbocycles. The predicted octanol–water partition coefficient (Wildman–Crippen LogP) is 1.30. The molecule has 1 amide bonds. The van der Waals surface area contributed by atoms with Gasteiger partial charge in [-0.3, -0.25) is 24.6 Å². The van der Waals surface area contributed by atoms with Crippen LogP contribution in [-0.2, 0) is 16.1 Å². The molecule has 1 aromatic rings. The molecule has 0 heterocycles. The van der Waals surface area contributed by atoms with Crippen LogP contribution in [0.4, 0.5) is 5.69 Å². The smallest absolute Gasteiger partial charge is 0.322 e. The van der Waals surface area contributed by atoms with Gasteiger partial charge < -0.3 is 10.4 Å². The molecule has 22 heavy (non-hydrogen) atoms. The zero-order valence-electron chi connectivity index (χ0n) is 11.6. The Hall–Kier alpha value is -1.90. The minimum Gasteiger partial charge on any atom is -0.480 e. The largest absolute Gasteiger partial charge is 0.480 e. The molecule has 8 nitrogen and oxygen atoms in total. The molecular weight excluding hydrogens is 337 g/mol. The van der Waals surface area contributed by atoms with Crippen LogP contribution in [0.2, 0.25) is 5.02 Å². The number of halogens is 2. The highest BCUT2D eigenvalue weighted by molar-refractivity contribution is 6.31. The Morgan fingerprint density at radius 3 is 2.64 bits per heavy atom. The van der Waals surface area contributed by atoms with Gasteiger partial charge in [0.2, 0.25) is 5.91 Å². The van der Waals surface area contributed by atoms with Gasteiger partial charge in [-0.05, 0) is 18.7 Å². The van der Waals surface area contributed by atoms with E-state index in [2.05, 4.69) is 5.32 Å². The molecule has 0 saturated heterocycles. The molecule has 0 radical (unpaired) electrons. The van der Waals surface area contributed by atoms with Crippen molar-refractivity contribution in [3.63, 3.8) is 0 Å². The van der Waals surface area contributed by atoms with Crippen LogP contribution in [-0.4, -0.2) is 46.9 Å². The number of nitrogens with one attached hydrogen (secondary N) is 1. The van der Waals surface area contributed by atoms with E-state index in [1.54, 1.807) is 11.9 Å². The molecule has 0 fully saturated rings. The number of nitrogens with zero attached hydrogens (tertiary/aromatic N) is 2. The maximum atomic E-state index is 11.5. The summed E-state index contributed by atoms with van der Waals surface area (Å²) in [5.41, 5.74) is 0.428. The van der Waals surface area contributed by atoms with Gasteiger partial charge in [0.25, 0.3) is 5.69 Å². The summed E-state index contributed by atoms with van der Waals surface area (Å²) in [5.74, 6) is -1.59. The highest BCUT2D eigenvalue weighted by atomic mass is 35.5. The second-order valence-electron chi connectivity index (χ2n) is 4.38. The average Bonchev–Trinajstić information content (AvgIpc) is 2.38. The zero-order chi connectivity index (χ0) is 16.0. The van der Waals surface area contributed by atoms with Gasteiger partial charge in [-0.1, -0.05) is 11.6 Å². The van der Waals surface area contributed by atoms with Gasteiger partial charge in [-0.15, -0.1) is 12.4 Å². The van der Waals surface area contributed by atoms with Crippen molar-refractivity contribution in [2.45, 2.75) is 6.54 Å². The number of aliphatic carboxylic acids is 1. The van der Waals surface area contributed by atoms with E-state index in [4.69, 9.17) is 16.7 Å². The molecule has 10 heteroatoms. The summed E-state index contributed by atoms with van der Waals surface area (Å²) < 4.78 is 0. The average molecular weight is 352 g/mol. The van der Waals surface area contributed by atoms with Gasteiger partial charge in [0.15, 0.2) is 0 Å². The standard InChI is InChI=1S/C12H14ClN3O5.ClH/c1-15(7-11(17)14-5-12(18)19)6-8-4-9(16(20)21)2-3-10(8)13;/h2-4H,5-7H2,1H3,(H,14,17)(H,18,19);1H. The number of likely N-dealkylation sites (N-methyl/N-ethyl adjacent to an activating group) is 1. The summed E-state index contributed by atoms with van der Waals surface area (Å²) in [6.07, 6.45) is 0. The number of hydrogen-bond acceptors (Lipinski definition) is 5. The van der Waals surface area contributed by atoms with Crippen LogP contribution >= 0.6 is 24.0 Å². The van der Waals surface area contributed by atoms with Crippen molar-refractivity contribution in [2.24, 2.45) is 0 Å². The minimum atomic E-state index is -1.13. The Morgan fingerprint density at radius 1 is 1.45 bits per heavy atom. The molecule has 0 aliphatic heterocycles. The molecule has 0 atom stereocenters.